The van der Waals surface area contributed by atoms with E-state index in [1.54, 1.807) is 12.3 Å². The first-order valence-corrected chi connectivity index (χ1v) is 15.2. The molecule has 1 aliphatic rings. The highest BCUT2D eigenvalue weighted by Crippen LogP contribution is 2.28. The van der Waals surface area contributed by atoms with E-state index >= 15 is 0 Å². The molecule has 0 spiro atoms. The number of ether oxygens (including phenoxy) is 2. The predicted molar refractivity (Wildman–Crippen MR) is 166 cm³/mol. The second-order valence-corrected chi connectivity index (χ2v) is 12.0. The van der Waals surface area contributed by atoms with Gasteiger partial charge in [0, 0.05) is 52.0 Å². The van der Waals surface area contributed by atoms with Gasteiger partial charge in [-0.25, -0.2) is 15.0 Å². The van der Waals surface area contributed by atoms with Crippen molar-refractivity contribution in [3.05, 3.63) is 51.7 Å². The summed E-state index contributed by atoms with van der Waals surface area (Å²) >= 11 is 7.51. The fraction of sp³-hybridized carbons (Fsp3) is 0.517. The number of nitrogens with zero attached hydrogens (tertiary/aromatic N) is 5. The van der Waals surface area contributed by atoms with Crippen molar-refractivity contribution < 1.29 is 14.3 Å². The maximum atomic E-state index is 12.8. The summed E-state index contributed by atoms with van der Waals surface area (Å²) in [6.07, 6.45) is 2.43. The fourth-order valence-electron chi connectivity index (χ4n) is 4.57. The van der Waals surface area contributed by atoms with Crippen LogP contribution in [0.3, 0.4) is 0 Å². The van der Waals surface area contributed by atoms with Crippen molar-refractivity contribution in [1.82, 2.24) is 19.9 Å². The normalized spacial score (nSPS) is 14.3. The molecule has 2 N–H and O–H groups in total. The zero-order valence-electron chi connectivity index (χ0n) is 24.5. The minimum Gasteiger partial charge on any atom is -0.380 e. The molecule has 0 atom stereocenters. The first-order valence-electron chi connectivity index (χ1n) is 14.0. The van der Waals surface area contributed by atoms with E-state index in [0.29, 0.717) is 45.6 Å². The minimum atomic E-state index is -0.260. The average Bonchev–Trinajstić information content (AvgIpc) is 3.39. The van der Waals surface area contributed by atoms with Crippen LogP contribution in [0.2, 0.25) is 5.02 Å². The number of hydrogen-bond acceptors (Lipinski definition) is 10. The van der Waals surface area contributed by atoms with Crippen LogP contribution in [0, 0.1) is 13.8 Å². The van der Waals surface area contributed by atoms with E-state index in [1.165, 1.54) is 11.3 Å². The molecule has 1 amide bonds. The largest absolute Gasteiger partial charge is 0.380 e. The number of amides is 1. The monoisotopic (exact) mass is 601 g/mol. The molecule has 0 bridgehead atoms. The lowest BCUT2D eigenvalue weighted by Crippen LogP contribution is -2.47. The molecule has 222 valence electrons. The number of nitrogens with one attached hydrogen (secondary N) is 2. The molecule has 1 saturated heterocycles. The standard InChI is InChI=1S/C29H40ClN7O3S/c1-6-40-29(4,5)10-16-39-17-15-36-11-13-37(14-12-36)25-18-24(32-21(3)33-25)34-28-31-19-23(41-28)27(38)35-26-20(2)8-7-9-22(26)30/h7-9,18-19H,6,10-17H2,1-5H3,(H,35,38)(H,31,32,33,34). The van der Waals surface area contributed by atoms with Gasteiger partial charge >= 0.3 is 0 Å². The Hall–Kier alpha value is -2.83. The summed E-state index contributed by atoms with van der Waals surface area (Å²) in [5.41, 5.74) is 1.35. The topological polar surface area (TPSA) is 105 Å². The van der Waals surface area contributed by atoms with E-state index in [0.717, 1.165) is 57.1 Å². The number of carbonyl (C=O) groups is 1. The molecule has 0 saturated carbocycles. The second-order valence-electron chi connectivity index (χ2n) is 10.6. The van der Waals surface area contributed by atoms with Crippen LogP contribution in [0.15, 0.2) is 30.5 Å². The number of rotatable bonds is 13. The molecule has 0 radical (unpaired) electrons. The molecule has 2 aromatic heterocycles. The fourth-order valence-corrected chi connectivity index (χ4v) is 5.55. The van der Waals surface area contributed by atoms with Crippen molar-refractivity contribution >= 4 is 51.3 Å². The van der Waals surface area contributed by atoms with Crippen molar-refractivity contribution in [2.24, 2.45) is 0 Å². The first-order chi connectivity index (χ1) is 19.6. The molecule has 4 rings (SSSR count). The van der Waals surface area contributed by atoms with Gasteiger partial charge in [-0.05, 0) is 52.7 Å². The number of piperazine rings is 1. The van der Waals surface area contributed by atoms with Gasteiger partial charge < -0.3 is 25.0 Å². The van der Waals surface area contributed by atoms with Crippen LogP contribution in [-0.4, -0.2) is 83.9 Å². The Balaban J connectivity index is 1.27. The summed E-state index contributed by atoms with van der Waals surface area (Å²) in [4.78, 5) is 31.6. The van der Waals surface area contributed by atoms with E-state index in [9.17, 15) is 4.79 Å². The third-order valence-corrected chi connectivity index (χ3v) is 8.11. The Morgan fingerprint density at radius 1 is 1.15 bits per heavy atom. The molecule has 0 aliphatic carbocycles. The van der Waals surface area contributed by atoms with Gasteiger partial charge in [0.1, 0.15) is 22.3 Å². The summed E-state index contributed by atoms with van der Waals surface area (Å²) in [5, 5.41) is 7.20. The van der Waals surface area contributed by atoms with Gasteiger partial charge in [-0.15, -0.1) is 0 Å². The van der Waals surface area contributed by atoms with E-state index in [1.807, 2.05) is 39.0 Å². The Bertz CT molecular complexity index is 1290. The zero-order valence-corrected chi connectivity index (χ0v) is 26.1. The van der Waals surface area contributed by atoms with Crippen LogP contribution in [0.5, 0.6) is 0 Å². The first kappa shape index (κ1) is 31.1. The van der Waals surface area contributed by atoms with Crippen molar-refractivity contribution in [2.45, 2.75) is 46.6 Å². The molecule has 1 aromatic carbocycles. The Labute approximate surface area is 251 Å². The molecular formula is C29H40ClN7O3S. The highest BCUT2D eigenvalue weighted by atomic mass is 35.5. The van der Waals surface area contributed by atoms with Crippen LogP contribution < -0.4 is 15.5 Å². The number of aryl methyl sites for hydroxylation is 2. The second kappa shape index (κ2) is 14.4. The van der Waals surface area contributed by atoms with Gasteiger partial charge in [-0.2, -0.15) is 0 Å². The summed E-state index contributed by atoms with van der Waals surface area (Å²) in [7, 11) is 0. The highest BCUT2D eigenvalue weighted by Gasteiger charge is 2.21. The number of hydrogen-bond donors (Lipinski definition) is 2. The number of aromatic nitrogens is 3. The number of para-hydroxylation sites is 1. The van der Waals surface area contributed by atoms with Crippen molar-refractivity contribution in [2.75, 3.05) is 68.1 Å². The summed E-state index contributed by atoms with van der Waals surface area (Å²) in [5.74, 6) is 1.92. The summed E-state index contributed by atoms with van der Waals surface area (Å²) < 4.78 is 11.6. The molecule has 3 heterocycles. The Kier molecular flexibility index (Phi) is 10.9. The quantitative estimate of drug-likeness (QED) is 0.244. The Morgan fingerprint density at radius 2 is 1.93 bits per heavy atom. The molecule has 12 heteroatoms. The number of thiazole rings is 1. The van der Waals surface area contributed by atoms with Crippen LogP contribution in [0.25, 0.3) is 0 Å². The van der Waals surface area contributed by atoms with Gasteiger partial charge in [-0.3, -0.25) is 9.69 Å². The zero-order chi connectivity index (χ0) is 29.4. The van der Waals surface area contributed by atoms with E-state index in [2.05, 4.69) is 49.2 Å². The van der Waals surface area contributed by atoms with Gasteiger partial charge in [0.25, 0.3) is 5.91 Å². The van der Waals surface area contributed by atoms with Gasteiger partial charge in [0.15, 0.2) is 5.13 Å². The van der Waals surface area contributed by atoms with Crippen LogP contribution >= 0.6 is 22.9 Å². The lowest BCUT2D eigenvalue weighted by atomic mass is 10.1. The summed E-state index contributed by atoms with van der Waals surface area (Å²) in [6, 6.07) is 7.43. The SMILES string of the molecule is CCOC(C)(C)CCOCCN1CCN(c2cc(Nc3ncc(C(=O)Nc4c(C)cccc4Cl)s3)nc(C)n2)CC1. The van der Waals surface area contributed by atoms with E-state index in [4.69, 9.17) is 21.1 Å². The average molecular weight is 602 g/mol. The van der Waals surface area contributed by atoms with Crippen molar-refractivity contribution in [3.8, 4) is 0 Å². The van der Waals surface area contributed by atoms with E-state index < -0.39 is 0 Å². The summed E-state index contributed by atoms with van der Waals surface area (Å²) in [6.45, 7) is 16.7. The highest BCUT2D eigenvalue weighted by molar-refractivity contribution is 7.17. The minimum absolute atomic E-state index is 0.142. The lowest BCUT2D eigenvalue weighted by molar-refractivity contribution is -0.0361. The van der Waals surface area contributed by atoms with Gasteiger partial charge in [0.2, 0.25) is 0 Å². The predicted octanol–water partition coefficient (Wildman–Crippen LogP) is 5.54. The maximum Gasteiger partial charge on any atom is 0.267 e. The maximum absolute atomic E-state index is 12.8. The molecule has 3 aromatic rings. The molecule has 10 nitrogen and oxygen atoms in total. The van der Waals surface area contributed by atoms with Gasteiger partial charge in [0.05, 0.1) is 29.1 Å². The third-order valence-electron chi connectivity index (χ3n) is 6.88. The number of benzene rings is 1. The van der Waals surface area contributed by atoms with E-state index in [-0.39, 0.29) is 11.5 Å². The van der Waals surface area contributed by atoms with Crippen molar-refractivity contribution in [3.63, 3.8) is 0 Å². The van der Waals surface area contributed by atoms with Crippen molar-refractivity contribution in [1.29, 1.82) is 0 Å². The van der Waals surface area contributed by atoms with Crippen LogP contribution in [0.1, 0.15) is 48.3 Å². The molecular weight excluding hydrogens is 562 g/mol. The van der Waals surface area contributed by atoms with Crippen LogP contribution in [-0.2, 0) is 9.47 Å². The third kappa shape index (κ3) is 9.08. The molecule has 1 aliphatic heterocycles. The van der Waals surface area contributed by atoms with Crippen LogP contribution in [0.4, 0.5) is 22.5 Å². The lowest BCUT2D eigenvalue weighted by Gasteiger charge is -2.35. The van der Waals surface area contributed by atoms with Gasteiger partial charge in [-0.1, -0.05) is 35.1 Å². The smallest absolute Gasteiger partial charge is 0.267 e. The molecule has 1 fully saturated rings. The number of anilines is 4. The Morgan fingerprint density at radius 3 is 2.66 bits per heavy atom. The molecule has 0 unspecified atom stereocenters. The number of carbonyl (C=O) groups excluding carboxylic acids is 1. The number of halogens is 1. The molecule has 41 heavy (non-hydrogen) atoms.